The second-order valence-electron chi connectivity index (χ2n) is 3.71. The predicted octanol–water partition coefficient (Wildman–Crippen LogP) is 1.74. The van der Waals surface area contributed by atoms with Gasteiger partial charge in [0.05, 0.1) is 7.11 Å². The Kier molecular flexibility index (Phi) is 3.52. The van der Waals surface area contributed by atoms with E-state index in [-0.39, 0.29) is 17.5 Å². The number of phenolic OH excluding ortho intramolecular Hbond substituents is 1. The molecule has 1 atom stereocenters. The summed E-state index contributed by atoms with van der Waals surface area (Å²) in [5.41, 5.74) is 6.95. The van der Waals surface area contributed by atoms with Crippen molar-refractivity contribution in [1.82, 2.24) is 0 Å². The average Bonchev–Trinajstić information content (AvgIpc) is 2.14. The molecule has 0 fully saturated rings. The summed E-state index contributed by atoms with van der Waals surface area (Å²) in [5.74, 6) is -0.815. The largest absolute Gasteiger partial charge is 0.504 e. The Balaban J connectivity index is 3.21. The number of methoxy groups -OCH3 is 1. The number of rotatable bonds is 3. The number of hydrogen-bond donors (Lipinski definition) is 2. The summed E-state index contributed by atoms with van der Waals surface area (Å²) >= 11 is 0. The summed E-state index contributed by atoms with van der Waals surface area (Å²) in [6, 6.07) is 1.29. The first-order chi connectivity index (χ1) is 6.97. The van der Waals surface area contributed by atoms with Crippen molar-refractivity contribution >= 4 is 0 Å². The first-order valence-electron chi connectivity index (χ1n) is 4.77. The molecule has 0 aliphatic rings. The van der Waals surface area contributed by atoms with Gasteiger partial charge >= 0.3 is 0 Å². The average molecular weight is 213 g/mol. The third-order valence-corrected chi connectivity index (χ3v) is 2.32. The van der Waals surface area contributed by atoms with E-state index in [1.807, 2.05) is 6.92 Å². The maximum atomic E-state index is 13.4. The van der Waals surface area contributed by atoms with E-state index in [1.54, 1.807) is 6.92 Å². The van der Waals surface area contributed by atoms with Crippen molar-refractivity contribution in [3.05, 3.63) is 23.0 Å². The quantitative estimate of drug-likeness (QED) is 0.804. The van der Waals surface area contributed by atoms with Crippen molar-refractivity contribution in [2.75, 3.05) is 7.11 Å². The van der Waals surface area contributed by atoms with E-state index in [4.69, 9.17) is 10.5 Å². The van der Waals surface area contributed by atoms with Crippen LogP contribution in [0.15, 0.2) is 6.07 Å². The predicted molar refractivity (Wildman–Crippen MR) is 56.7 cm³/mol. The van der Waals surface area contributed by atoms with Gasteiger partial charge in [0.2, 0.25) is 0 Å². The van der Waals surface area contributed by atoms with E-state index < -0.39 is 5.82 Å². The summed E-state index contributed by atoms with van der Waals surface area (Å²) in [4.78, 5) is 0. The monoisotopic (exact) mass is 213 g/mol. The number of halogens is 1. The van der Waals surface area contributed by atoms with Gasteiger partial charge in [-0.15, -0.1) is 0 Å². The van der Waals surface area contributed by atoms with Gasteiger partial charge in [0.15, 0.2) is 17.3 Å². The molecular formula is C11H16FNO2. The molecule has 15 heavy (non-hydrogen) atoms. The Labute approximate surface area is 88.7 Å². The van der Waals surface area contributed by atoms with Crippen LogP contribution < -0.4 is 10.5 Å². The maximum Gasteiger partial charge on any atom is 0.196 e. The lowest BCUT2D eigenvalue weighted by Crippen LogP contribution is -2.18. The second-order valence-corrected chi connectivity index (χ2v) is 3.71. The molecule has 4 heteroatoms. The van der Waals surface area contributed by atoms with E-state index in [0.717, 1.165) is 0 Å². The molecule has 0 aliphatic carbocycles. The molecule has 0 saturated carbocycles. The number of nitrogens with two attached hydrogens (primary N) is 1. The Morgan fingerprint density at radius 2 is 2.20 bits per heavy atom. The van der Waals surface area contributed by atoms with Crippen LogP contribution in [0.1, 0.15) is 18.1 Å². The molecule has 84 valence electrons. The SMILES string of the molecule is COc1c(F)cc(CC(C)N)c(C)c1O. The fourth-order valence-corrected chi connectivity index (χ4v) is 1.52. The van der Waals surface area contributed by atoms with Crippen LogP contribution in [-0.2, 0) is 6.42 Å². The molecule has 1 aromatic carbocycles. The zero-order valence-electron chi connectivity index (χ0n) is 9.17. The van der Waals surface area contributed by atoms with Crippen LogP contribution in [0.5, 0.6) is 11.5 Å². The third kappa shape index (κ3) is 2.39. The lowest BCUT2D eigenvalue weighted by molar-refractivity contribution is 0.349. The molecule has 0 amide bonds. The molecule has 0 bridgehead atoms. The van der Waals surface area contributed by atoms with Gasteiger partial charge in [-0.25, -0.2) is 4.39 Å². The fraction of sp³-hybridized carbons (Fsp3) is 0.455. The van der Waals surface area contributed by atoms with Crippen molar-refractivity contribution in [3.8, 4) is 11.5 Å². The van der Waals surface area contributed by atoms with Crippen molar-refractivity contribution in [3.63, 3.8) is 0 Å². The number of benzene rings is 1. The van der Waals surface area contributed by atoms with Gasteiger partial charge in [0, 0.05) is 6.04 Å². The Morgan fingerprint density at radius 3 is 2.67 bits per heavy atom. The molecule has 0 radical (unpaired) electrons. The van der Waals surface area contributed by atoms with Crippen LogP contribution >= 0.6 is 0 Å². The molecule has 3 nitrogen and oxygen atoms in total. The van der Waals surface area contributed by atoms with Crippen LogP contribution in [0.4, 0.5) is 4.39 Å². The normalized spacial score (nSPS) is 12.6. The molecule has 1 aromatic rings. The Hall–Kier alpha value is -1.29. The molecule has 0 aromatic heterocycles. The number of phenols is 1. The number of hydrogen-bond acceptors (Lipinski definition) is 3. The van der Waals surface area contributed by atoms with E-state index in [2.05, 4.69) is 0 Å². The molecule has 3 N–H and O–H groups in total. The Morgan fingerprint density at radius 1 is 1.60 bits per heavy atom. The summed E-state index contributed by atoms with van der Waals surface area (Å²) in [5, 5.41) is 9.67. The fourth-order valence-electron chi connectivity index (χ4n) is 1.52. The van der Waals surface area contributed by atoms with Gasteiger partial charge < -0.3 is 15.6 Å². The van der Waals surface area contributed by atoms with Gasteiger partial charge in [0.1, 0.15) is 0 Å². The summed E-state index contributed by atoms with van der Waals surface area (Å²) in [7, 11) is 1.32. The third-order valence-electron chi connectivity index (χ3n) is 2.32. The van der Waals surface area contributed by atoms with Crippen molar-refractivity contribution < 1.29 is 14.2 Å². The highest BCUT2D eigenvalue weighted by atomic mass is 19.1. The van der Waals surface area contributed by atoms with Crippen molar-refractivity contribution in [2.24, 2.45) is 5.73 Å². The van der Waals surface area contributed by atoms with Crippen LogP contribution in [-0.4, -0.2) is 18.3 Å². The van der Waals surface area contributed by atoms with Gasteiger partial charge in [-0.1, -0.05) is 0 Å². The molecular weight excluding hydrogens is 197 g/mol. The van der Waals surface area contributed by atoms with Gasteiger partial charge in [0.25, 0.3) is 0 Å². The standard InChI is InChI=1S/C11H16FNO2/c1-6(13)4-8-5-9(12)11(15-3)10(14)7(8)2/h5-6,14H,4,13H2,1-3H3. The first kappa shape index (κ1) is 11.8. The van der Waals surface area contributed by atoms with E-state index in [9.17, 15) is 9.50 Å². The molecule has 0 heterocycles. The molecule has 1 rings (SSSR count). The van der Waals surface area contributed by atoms with Crippen LogP contribution in [0.25, 0.3) is 0 Å². The highest BCUT2D eigenvalue weighted by Gasteiger charge is 2.16. The molecule has 1 unspecified atom stereocenters. The summed E-state index contributed by atoms with van der Waals surface area (Å²) in [6.07, 6.45) is 0.528. The first-order valence-corrected chi connectivity index (χ1v) is 4.77. The minimum Gasteiger partial charge on any atom is -0.504 e. The van der Waals surface area contributed by atoms with Crippen LogP contribution in [0.2, 0.25) is 0 Å². The highest BCUT2D eigenvalue weighted by Crippen LogP contribution is 2.34. The molecule has 0 aliphatic heterocycles. The number of ether oxygens (including phenoxy) is 1. The second kappa shape index (κ2) is 4.49. The summed E-state index contributed by atoms with van der Waals surface area (Å²) < 4.78 is 18.2. The summed E-state index contributed by atoms with van der Waals surface area (Å²) in [6.45, 7) is 3.55. The number of aromatic hydroxyl groups is 1. The van der Waals surface area contributed by atoms with E-state index >= 15 is 0 Å². The van der Waals surface area contributed by atoms with Gasteiger partial charge in [-0.3, -0.25) is 0 Å². The van der Waals surface area contributed by atoms with Crippen molar-refractivity contribution in [1.29, 1.82) is 0 Å². The van der Waals surface area contributed by atoms with Gasteiger partial charge in [-0.2, -0.15) is 0 Å². The zero-order chi connectivity index (χ0) is 11.6. The van der Waals surface area contributed by atoms with Crippen molar-refractivity contribution in [2.45, 2.75) is 26.3 Å². The smallest absolute Gasteiger partial charge is 0.196 e. The zero-order valence-corrected chi connectivity index (χ0v) is 9.17. The Bertz CT molecular complexity index is 364. The van der Waals surface area contributed by atoms with Crippen LogP contribution in [0.3, 0.4) is 0 Å². The molecule has 0 spiro atoms. The van der Waals surface area contributed by atoms with E-state index in [1.165, 1.54) is 13.2 Å². The highest BCUT2D eigenvalue weighted by molar-refractivity contribution is 5.50. The lowest BCUT2D eigenvalue weighted by Gasteiger charge is -2.13. The van der Waals surface area contributed by atoms with Crippen LogP contribution in [0, 0.1) is 12.7 Å². The van der Waals surface area contributed by atoms with Gasteiger partial charge in [-0.05, 0) is 37.5 Å². The molecule has 0 saturated heterocycles. The minimum atomic E-state index is -0.559. The topological polar surface area (TPSA) is 55.5 Å². The van der Waals surface area contributed by atoms with E-state index in [0.29, 0.717) is 17.5 Å². The lowest BCUT2D eigenvalue weighted by atomic mass is 10.0. The minimum absolute atomic E-state index is 0.0732. The maximum absolute atomic E-state index is 13.4.